The molecule has 0 unspecified atom stereocenters. The van der Waals surface area contributed by atoms with Crippen molar-refractivity contribution >= 4 is 89.0 Å². The van der Waals surface area contributed by atoms with Gasteiger partial charge in [0.15, 0.2) is 0 Å². The fourth-order valence-corrected chi connectivity index (χ4v) is 41.9. The average molecular weight is 2070 g/mol. The predicted octanol–water partition coefficient (Wildman–Crippen LogP) is 28.3. The van der Waals surface area contributed by atoms with Gasteiger partial charge in [-0.15, -0.1) is 0 Å². The van der Waals surface area contributed by atoms with Gasteiger partial charge in [-0.1, -0.05) is 154 Å². The molecule has 0 aliphatic heterocycles. The first kappa shape index (κ1) is 104. The molecule has 16 aliphatic carbocycles. The van der Waals surface area contributed by atoms with E-state index in [4.69, 9.17) is 0 Å². The standard InChI is InChI=1S/C32H12BF24.C27H26P2.C20H34BP.C20H31P.C5H12.Rh/c34-25(35,36)13-1-14(26(37,38)39)6-21(5-13)33(22-7-15(27(40,41)42)2-16(8-22)28(43,44)45,23-9-17(29(46,47)48)3-18(10-23)30(49,50)51)24-11-19(31(52,53)54)4-20(12-24)32(55,56)57;1-5-14-24(15-6-1)28(25-16-7-2-8-17-25)22-13-23-29(26-18-9-3-10-19-26)27-20-11-4-12-21-27;21-22(19-7-13-1-14(8-19)3-15(2-13)9-19)20-10-16-4-17(11-20)6-18(5-16)12-20;1-13-2-15-3-14(1)8-19(7-13,9-15)21-20-10-16-4-17(11-20)6-18(5-16)12-20;1-3-5-4-2;/h1-12H;1-12,14-21H,13,22-23H2;13-18,22H,1-12H2,21H3;13-18,21H,1-12H2;3-5H2,1-2H3;/q-1;;;;;/p+3. The van der Waals surface area contributed by atoms with Crippen molar-refractivity contribution in [2.24, 2.45) is 71.0 Å². The molecular weight excluding hydrogens is 1950 g/mol. The fraction of sp³-hybridized carbons (Fsp3) is 0.538. The Balaban J connectivity index is 0.000000146. The maximum Gasteiger partial charge on any atom is 0.416 e. The summed E-state index contributed by atoms with van der Waals surface area (Å²) in [5.41, 5.74) is -30.2. The van der Waals surface area contributed by atoms with E-state index >= 15 is 0 Å². The second kappa shape index (κ2) is 40.0. The monoisotopic (exact) mass is 2070 g/mol. The Bertz CT molecular complexity index is 4510. The van der Waals surface area contributed by atoms with Crippen LogP contribution >= 0.6 is 32.2 Å². The van der Waals surface area contributed by atoms with Gasteiger partial charge in [-0.25, -0.2) is 0 Å². The first-order valence-electron chi connectivity index (χ1n) is 47.4. The second-order valence-electron chi connectivity index (χ2n) is 42.1. The van der Waals surface area contributed by atoms with Crippen LogP contribution in [0, 0.1) is 71.0 Å². The number of benzene rings is 8. The van der Waals surface area contributed by atoms with Crippen molar-refractivity contribution < 1.29 is 125 Å². The Kier molecular flexibility index (Phi) is 30.8. The zero-order valence-electron chi connectivity index (χ0n) is 74.7. The van der Waals surface area contributed by atoms with E-state index in [9.17, 15) is 105 Å². The van der Waals surface area contributed by atoms with Crippen LogP contribution in [-0.4, -0.2) is 46.7 Å². The molecule has 16 bridgehead atoms. The van der Waals surface area contributed by atoms with Crippen molar-refractivity contribution in [3.8, 4) is 0 Å². The molecule has 0 amide bonds. The number of unbranched alkanes of at least 4 members (excludes halogenated alkanes) is 2. The van der Waals surface area contributed by atoms with Crippen molar-refractivity contribution in [3.63, 3.8) is 0 Å². The van der Waals surface area contributed by atoms with Crippen molar-refractivity contribution in [2.75, 3.05) is 12.3 Å². The summed E-state index contributed by atoms with van der Waals surface area (Å²) in [6, 6.07) is 35.7. The van der Waals surface area contributed by atoms with E-state index in [1.807, 2.05) is 0 Å². The predicted molar refractivity (Wildman–Crippen MR) is 502 cm³/mol. The zero-order valence-corrected chi connectivity index (χ0v) is 80.5. The summed E-state index contributed by atoms with van der Waals surface area (Å²) in [7, 11) is -0.0393. The number of hydrogen-bond acceptors (Lipinski definition) is 0. The van der Waals surface area contributed by atoms with E-state index in [0.717, 1.165) is 29.2 Å². The van der Waals surface area contributed by atoms with Crippen molar-refractivity contribution in [1.29, 1.82) is 0 Å². The van der Waals surface area contributed by atoms with E-state index in [0.29, 0.717) is 7.57 Å². The topological polar surface area (TPSA) is 0 Å². The van der Waals surface area contributed by atoms with E-state index < -0.39 is 211 Å². The first-order valence-corrected chi connectivity index (χ1v) is 53.0. The van der Waals surface area contributed by atoms with Crippen LogP contribution in [0.5, 0.6) is 0 Å². The Morgan fingerprint density at radius 3 is 0.593 bits per heavy atom. The smallest absolute Gasteiger partial charge is 0.194 e. The first-order chi connectivity index (χ1) is 62.9. The van der Waals surface area contributed by atoms with Crippen LogP contribution in [-0.2, 0) is 68.9 Å². The molecule has 135 heavy (non-hydrogen) atoms. The van der Waals surface area contributed by atoms with Crippen LogP contribution in [0.2, 0.25) is 0 Å². The fourth-order valence-electron chi connectivity index (χ4n) is 28.8. The van der Waals surface area contributed by atoms with Crippen LogP contribution in [0.3, 0.4) is 0 Å². The molecule has 16 aliphatic rings. The Labute approximate surface area is 794 Å². The molecule has 0 saturated heterocycles. The van der Waals surface area contributed by atoms with Gasteiger partial charge in [-0.3, -0.25) is 0 Å². The minimum atomic E-state index is -6.13. The number of hydrogen-bond donors (Lipinski definition) is 0. The Hall–Kier alpha value is -5.45. The number of alkyl halides is 24. The van der Waals surface area contributed by atoms with Crippen LogP contribution in [0.4, 0.5) is 105 Å². The summed E-state index contributed by atoms with van der Waals surface area (Å²) in [6.45, 7) is 4.42. The van der Waals surface area contributed by atoms with Crippen molar-refractivity contribution in [2.45, 2.75) is 264 Å². The third-order valence-electron chi connectivity index (χ3n) is 31.9. The minimum absolute atomic E-state index is 0. The van der Waals surface area contributed by atoms with E-state index in [2.05, 4.69) is 135 Å². The third kappa shape index (κ3) is 23.4. The van der Waals surface area contributed by atoms with Crippen molar-refractivity contribution in [3.05, 3.63) is 239 Å². The summed E-state index contributed by atoms with van der Waals surface area (Å²) in [4.78, 5) is 0. The van der Waals surface area contributed by atoms with Gasteiger partial charge < -0.3 is 0 Å². The molecule has 0 spiro atoms. The molecule has 24 rings (SSSR count). The van der Waals surface area contributed by atoms with Crippen LogP contribution in [0.15, 0.2) is 194 Å². The molecule has 735 valence electrons. The van der Waals surface area contributed by atoms with E-state index in [1.54, 1.807) is 154 Å². The third-order valence-corrected chi connectivity index (χ3v) is 42.6. The van der Waals surface area contributed by atoms with Crippen LogP contribution in [0.25, 0.3) is 0 Å². The van der Waals surface area contributed by atoms with Gasteiger partial charge in [-0.05, 0) is 306 Å². The Morgan fingerprint density at radius 1 is 0.267 bits per heavy atom. The molecule has 0 heterocycles. The largest absolute Gasteiger partial charge is 0.416 e. The van der Waals surface area contributed by atoms with Gasteiger partial charge in [-0.2, -0.15) is 135 Å². The molecule has 16 fully saturated rings. The summed E-state index contributed by atoms with van der Waals surface area (Å²) in [5.74, 6) is 14.3. The second-order valence-corrected chi connectivity index (χ2v) is 52.4. The summed E-state index contributed by atoms with van der Waals surface area (Å²) >= 11 is 0. The minimum Gasteiger partial charge on any atom is -0.194 e. The molecular formula is C104H118B2F24P4Rh+2. The van der Waals surface area contributed by atoms with Crippen LogP contribution in [0.1, 0.15) is 238 Å². The molecule has 0 atom stereocenters. The van der Waals surface area contributed by atoms with Gasteiger partial charge in [0, 0.05) is 36.2 Å². The average Bonchev–Trinajstić information content (AvgIpc) is 0.702. The zero-order chi connectivity index (χ0) is 95.9. The normalized spacial score (nSPS) is 28.9. The SMILES string of the molecule is C1C2CC3CC1CC([PH2+]C14CC5CC(CC(C5)C1)C4)(C2)C3.CCCCC.FC(F)(F)c1cc([B-](c2cc(C(F)(F)F)cc(C(F)(F)F)c2)(c2cc(C(F)(F)F)cc(C(F)(F)F)c2)c2cc(C(F)(F)F)cc(C(F)(F)F)c2)cc(C(F)(F)F)c1.[BH3-][PH+](C12CC3CC(CC(C3)C1)C2)C12CC3CC(CC(C3)C1)C2.[Rh].c1ccc([PH+](CCC[PH+](c2ccccc2)c2ccccc2)c2ccccc2)cc1. The molecule has 16 saturated carbocycles. The maximum atomic E-state index is 14.2. The molecule has 0 N–H and O–H groups in total. The van der Waals surface area contributed by atoms with Gasteiger partial charge in [0.25, 0.3) is 0 Å². The van der Waals surface area contributed by atoms with Gasteiger partial charge in [0.2, 0.25) is 0 Å². The van der Waals surface area contributed by atoms with Gasteiger partial charge >= 0.3 is 49.4 Å². The van der Waals surface area contributed by atoms with E-state index in [1.165, 1.54) is 130 Å². The van der Waals surface area contributed by atoms with Gasteiger partial charge in [0.1, 0.15) is 13.7 Å². The van der Waals surface area contributed by atoms with Crippen molar-refractivity contribution in [1.82, 2.24) is 0 Å². The Morgan fingerprint density at radius 2 is 0.437 bits per heavy atom. The summed E-state index contributed by atoms with van der Waals surface area (Å²) in [6.07, 6.45) is -6.45. The van der Waals surface area contributed by atoms with E-state index in [-0.39, 0.29) is 27.3 Å². The quantitative estimate of drug-likeness (QED) is 0.0456. The summed E-state index contributed by atoms with van der Waals surface area (Å²) in [5, 5.41) is 10.00. The molecule has 8 aromatic carbocycles. The molecule has 31 heteroatoms. The number of halogens is 24. The molecule has 1 radical (unpaired) electrons. The van der Waals surface area contributed by atoms with Crippen LogP contribution < -0.4 is 43.1 Å². The summed E-state index contributed by atoms with van der Waals surface area (Å²) < 4.78 is 341. The maximum absolute atomic E-state index is 14.2. The number of rotatable bonds is 18. The molecule has 0 nitrogen and oxygen atoms in total. The molecule has 0 aromatic heterocycles. The van der Waals surface area contributed by atoms with Gasteiger partial charge in [0.05, 0.1) is 104 Å². The molecule has 8 aromatic rings.